The lowest BCUT2D eigenvalue weighted by Gasteiger charge is -2.10. The largest absolute Gasteiger partial charge is 0.490 e. The van der Waals surface area contributed by atoms with Crippen molar-refractivity contribution in [3.05, 3.63) is 58.0 Å². The van der Waals surface area contributed by atoms with Crippen LogP contribution in [0.5, 0.6) is 5.75 Å². The van der Waals surface area contributed by atoms with E-state index in [1.807, 2.05) is 0 Å². The first kappa shape index (κ1) is 12.5. The first-order chi connectivity index (χ1) is 8.66. The molecule has 2 N–H and O–H groups in total. The zero-order chi connectivity index (χ0) is 13.0. The van der Waals surface area contributed by atoms with Crippen LogP contribution in [0.25, 0.3) is 0 Å². The average molecular weight is 265 g/mol. The molecule has 0 aliphatic heterocycles. The minimum absolute atomic E-state index is 0.0508. The monoisotopic (exact) mass is 264 g/mol. The molecule has 0 saturated carbocycles. The molecule has 0 aliphatic carbocycles. The normalized spacial score (nSPS) is 10.3. The molecule has 0 fully saturated rings. The van der Waals surface area contributed by atoms with Gasteiger partial charge in [0.15, 0.2) is 0 Å². The van der Waals surface area contributed by atoms with Crippen molar-refractivity contribution in [1.82, 2.24) is 4.57 Å². The van der Waals surface area contributed by atoms with Gasteiger partial charge in [0.1, 0.15) is 12.4 Å². The molecule has 0 atom stereocenters. The van der Waals surface area contributed by atoms with Gasteiger partial charge in [-0.15, -0.1) is 0 Å². The van der Waals surface area contributed by atoms with Gasteiger partial charge in [-0.3, -0.25) is 4.79 Å². The van der Waals surface area contributed by atoms with Crippen LogP contribution < -0.4 is 16.0 Å². The number of rotatable bonds is 4. The Morgan fingerprint density at radius 1 is 1.28 bits per heavy atom. The van der Waals surface area contributed by atoms with Crippen LogP contribution >= 0.6 is 11.6 Å². The van der Waals surface area contributed by atoms with Gasteiger partial charge in [0.05, 0.1) is 12.2 Å². The van der Waals surface area contributed by atoms with Gasteiger partial charge >= 0.3 is 0 Å². The highest BCUT2D eigenvalue weighted by molar-refractivity contribution is 6.30. The van der Waals surface area contributed by atoms with Crippen LogP contribution in [-0.4, -0.2) is 11.2 Å². The number of pyridine rings is 1. The lowest BCUT2D eigenvalue weighted by atomic mass is 10.3. The lowest BCUT2D eigenvalue weighted by molar-refractivity contribution is 0.298. The summed E-state index contributed by atoms with van der Waals surface area (Å²) in [6.07, 6.45) is 1.72. The second-order valence-electron chi connectivity index (χ2n) is 3.76. The van der Waals surface area contributed by atoms with E-state index in [0.717, 1.165) is 0 Å². The van der Waals surface area contributed by atoms with Crippen LogP contribution in [0, 0.1) is 0 Å². The summed E-state index contributed by atoms with van der Waals surface area (Å²) in [7, 11) is 0. The van der Waals surface area contributed by atoms with E-state index >= 15 is 0 Å². The molecule has 1 heterocycles. The van der Waals surface area contributed by atoms with Crippen LogP contribution in [0.3, 0.4) is 0 Å². The highest BCUT2D eigenvalue weighted by Crippen LogP contribution is 2.24. The average Bonchev–Trinajstić information content (AvgIpc) is 2.34. The van der Waals surface area contributed by atoms with Crippen molar-refractivity contribution in [3.8, 4) is 5.75 Å². The van der Waals surface area contributed by atoms with E-state index in [4.69, 9.17) is 22.1 Å². The number of aromatic nitrogens is 1. The summed E-state index contributed by atoms with van der Waals surface area (Å²) in [5.41, 5.74) is 6.19. The minimum Gasteiger partial charge on any atom is -0.490 e. The van der Waals surface area contributed by atoms with Gasteiger partial charge in [-0.2, -0.15) is 0 Å². The predicted molar refractivity (Wildman–Crippen MR) is 72.1 cm³/mol. The maximum atomic E-state index is 11.4. The van der Waals surface area contributed by atoms with Gasteiger partial charge in [0.2, 0.25) is 0 Å². The van der Waals surface area contributed by atoms with E-state index < -0.39 is 0 Å². The Hall–Kier alpha value is -1.94. The first-order valence-electron chi connectivity index (χ1n) is 5.50. The number of nitrogen functional groups attached to an aromatic ring is 1. The zero-order valence-electron chi connectivity index (χ0n) is 9.67. The highest BCUT2D eigenvalue weighted by Gasteiger charge is 2.01. The fourth-order valence-electron chi connectivity index (χ4n) is 1.55. The summed E-state index contributed by atoms with van der Waals surface area (Å²) in [6.45, 7) is 0.845. The Kier molecular flexibility index (Phi) is 3.89. The molecule has 0 aliphatic rings. The molecule has 0 radical (unpaired) electrons. The van der Waals surface area contributed by atoms with E-state index in [-0.39, 0.29) is 5.56 Å². The van der Waals surface area contributed by atoms with Crippen LogP contribution in [0.15, 0.2) is 47.4 Å². The molecular weight excluding hydrogens is 252 g/mol. The molecule has 0 spiro atoms. The van der Waals surface area contributed by atoms with Crippen molar-refractivity contribution in [2.24, 2.45) is 0 Å². The molecule has 0 saturated heterocycles. The number of benzene rings is 1. The summed E-state index contributed by atoms with van der Waals surface area (Å²) in [5, 5.41) is 0.569. The van der Waals surface area contributed by atoms with Gasteiger partial charge in [0, 0.05) is 17.3 Å². The lowest BCUT2D eigenvalue weighted by Crippen LogP contribution is -2.21. The van der Waals surface area contributed by atoms with E-state index in [0.29, 0.717) is 29.6 Å². The third-order valence-corrected chi connectivity index (χ3v) is 2.70. The standard InChI is InChI=1S/C13H13ClN2O2/c14-10-4-5-12(11(15)9-10)18-8-7-16-6-2-1-3-13(16)17/h1-6,9H,7-8,15H2. The zero-order valence-corrected chi connectivity index (χ0v) is 10.4. The Labute approximate surface area is 110 Å². The van der Waals surface area contributed by atoms with Gasteiger partial charge in [-0.05, 0) is 24.3 Å². The van der Waals surface area contributed by atoms with Crippen molar-refractivity contribution in [2.75, 3.05) is 12.3 Å². The maximum absolute atomic E-state index is 11.4. The fraction of sp³-hybridized carbons (Fsp3) is 0.154. The number of hydrogen-bond donors (Lipinski definition) is 1. The van der Waals surface area contributed by atoms with Crippen molar-refractivity contribution < 1.29 is 4.74 Å². The van der Waals surface area contributed by atoms with Crippen LogP contribution in [0.2, 0.25) is 5.02 Å². The molecule has 1 aromatic carbocycles. The molecule has 4 nitrogen and oxygen atoms in total. The first-order valence-corrected chi connectivity index (χ1v) is 5.88. The fourth-order valence-corrected chi connectivity index (χ4v) is 1.73. The van der Waals surface area contributed by atoms with Crippen molar-refractivity contribution >= 4 is 17.3 Å². The Morgan fingerprint density at radius 2 is 2.11 bits per heavy atom. The molecule has 1 aromatic heterocycles. The second-order valence-corrected chi connectivity index (χ2v) is 4.20. The van der Waals surface area contributed by atoms with Crippen molar-refractivity contribution in [3.63, 3.8) is 0 Å². The molecule has 5 heteroatoms. The van der Waals surface area contributed by atoms with E-state index in [1.54, 1.807) is 41.1 Å². The number of nitrogens with zero attached hydrogens (tertiary/aromatic N) is 1. The van der Waals surface area contributed by atoms with Crippen molar-refractivity contribution in [2.45, 2.75) is 6.54 Å². The quantitative estimate of drug-likeness (QED) is 0.861. The number of nitrogens with two attached hydrogens (primary N) is 1. The Balaban J connectivity index is 1.97. The maximum Gasteiger partial charge on any atom is 0.250 e. The predicted octanol–water partition coefficient (Wildman–Crippen LogP) is 2.16. The Bertz CT molecular complexity index is 596. The summed E-state index contributed by atoms with van der Waals surface area (Å²) < 4.78 is 7.08. The summed E-state index contributed by atoms with van der Waals surface area (Å²) in [5.74, 6) is 0.573. The van der Waals surface area contributed by atoms with Crippen LogP contribution in [0.1, 0.15) is 0 Å². The second kappa shape index (κ2) is 5.60. The molecule has 94 valence electrons. The summed E-state index contributed by atoms with van der Waals surface area (Å²) in [6, 6.07) is 10.1. The minimum atomic E-state index is -0.0508. The number of hydrogen-bond acceptors (Lipinski definition) is 3. The summed E-state index contributed by atoms with van der Waals surface area (Å²) in [4.78, 5) is 11.4. The van der Waals surface area contributed by atoms with Crippen LogP contribution in [-0.2, 0) is 6.54 Å². The highest BCUT2D eigenvalue weighted by atomic mass is 35.5. The molecular formula is C13H13ClN2O2. The molecule has 18 heavy (non-hydrogen) atoms. The molecule has 0 amide bonds. The Morgan fingerprint density at radius 3 is 2.83 bits per heavy atom. The smallest absolute Gasteiger partial charge is 0.250 e. The topological polar surface area (TPSA) is 57.2 Å². The van der Waals surface area contributed by atoms with Crippen molar-refractivity contribution in [1.29, 1.82) is 0 Å². The van der Waals surface area contributed by atoms with Gasteiger partial charge < -0.3 is 15.0 Å². The van der Waals surface area contributed by atoms with Gasteiger partial charge in [-0.1, -0.05) is 17.7 Å². The number of ether oxygens (including phenoxy) is 1. The van der Waals surface area contributed by atoms with Gasteiger partial charge in [0.25, 0.3) is 5.56 Å². The molecule has 0 bridgehead atoms. The molecule has 2 aromatic rings. The van der Waals surface area contributed by atoms with Crippen LogP contribution in [0.4, 0.5) is 5.69 Å². The molecule has 0 unspecified atom stereocenters. The van der Waals surface area contributed by atoms with E-state index in [1.165, 1.54) is 6.07 Å². The van der Waals surface area contributed by atoms with E-state index in [2.05, 4.69) is 0 Å². The van der Waals surface area contributed by atoms with Gasteiger partial charge in [-0.25, -0.2) is 0 Å². The summed E-state index contributed by atoms with van der Waals surface area (Å²) >= 11 is 5.79. The number of anilines is 1. The number of halogens is 1. The third kappa shape index (κ3) is 3.05. The van der Waals surface area contributed by atoms with E-state index in [9.17, 15) is 4.79 Å². The third-order valence-electron chi connectivity index (χ3n) is 2.46. The SMILES string of the molecule is Nc1cc(Cl)ccc1OCCn1ccccc1=O. The molecule has 2 rings (SSSR count).